The lowest BCUT2D eigenvalue weighted by molar-refractivity contribution is -0.117. The molecular formula is C20H24N2O. The zero-order valence-corrected chi connectivity index (χ0v) is 13.5. The Morgan fingerprint density at radius 3 is 2.30 bits per heavy atom. The van der Waals surface area contributed by atoms with Crippen molar-refractivity contribution in [1.29, 1.82) is 0 Å². The zero-order chi connectivity index (χ0) is 15.9. The maximum Gasteiger partial charge on any atom is 0.224 e. The first-order valence-electron chi connectivity index (χ1n) is 8.57. The van der Waals surface area contributed by atoms with Gasteiger partial charge in [-0.05, 0) is 60.6 Å². The molecule has 3 nitrogen and oxygen atoms in total. The van der Waals surface area contributed by atoms with Gasteiger partial charge in [-0.15, -0.1) is 0 Å². The molecule has 23 heavy (non-hydrogen) atoms. The van der Waals surface area contributed by atoms with Gasteiger partial charge in [-0.25, -0.2) is 0 Å². The number of rotatable bonds is 5. The number of carbonyl (C=O) groups is 1. The summed E-state index contributed by atoms with van der Waals surface area (Å²) in [5, 5.41) is 3.03. The first kappa shape index (κ1) is 15.7. The van der Waals surface area contributed by atoms with Gasteiger partial charge in [0, 0.05) is 24.5 Å². The van der Waals surface area contributed by atoms with Crippen LogP contribution in [0.25, 0.3) is 0 Å². The Kier molecular flexibility index (Phi) is 5.41. The fourth-order valence-electron chi connectivity index (χ4n) is 3.31. The average molecular weight is 308 g/mol. The van der Waals surface area contributed by atoms with E-state index in [-0.39, 0.29) is 5.91 Å². The molecule has 0 atom stereocenters. The Hall–Kier alpha value is -2.16. The van der Waals surface area contributed by atoms with Gasteiger partial charge < -0.3 is 5.32 Å². The van der Waals surface area contributed by atoms with E-state index in [1.54, 1.807) is 0 Å². The van der Waals surface area contributed by atoms with Crippen LogP contribution >= 0.6 is 0 Å². The number of carbonyl (C=O) groups excluding carboxylic acids is 1. The number of hydrogen-bond acceptors (Lipinski definition) is 2. The molecular weight excluding hydrogens is 284 g/mol. The minimum Gasteiger partial charge on any atom is -0.326 e. The number of aromatic nitrogens is 1. The largest absolute Gasteiger partial charge is 0.326 e. The summed E-state index contributed by atoms with van der Waals surface area (Å²) in [6, 6.07) is 12.2. The molecule has 1 aliphatic rings. The predicted octanol–water partition coefficient (Wildman–Crippen LogP) is 4.58. The molecule has 0 bridgehead atoms. The van der Waals surface area contributed by atoms with Gasteiger partial charge in [-0.3, -0.25) is 9.78 Å². The molecule has 0 unspecified atom stereocenters. The molecule has 1 saturated carbocycles. The summed E-state index contributed by atoms with van der Waals surface area (Å²) in [6.45, 7) is 0. The van der Waals surface area contributed by atoms with E-state index < -0.39 is 0 Å². The lowest BCUT2D eigenvalue weighted by Gasteiger charge is -2.20. The van der Waals surface area contributed by atoms with Crippen LogP contribution < -0.4 is 5.32 Å². The Morgan fingerprint density at radius 1 is 0.957 bits per heavy atom. The summed E-state index contributed by atoms with van der Waals surface area (Å²) in [7, 11) is 0. The smallest absolute Gasteiger partial charge is 0.224 e. The maximum atomic E-state index is 12.1. The van der Waals surface area contributed by atoms with Crippen LogP contribution in [0.1, 0.15) is 49.7 Å². The van der Waals surface area contributed by atoms with Gasteiger partial charge in [0.05, 0.1) is 0 Å². The van der Waals surface area contributed by atoms with Crippen molar-refractivity contribution in [1.82, 2.24) is 4.98 Å². The molecule has 3 rings (SSSR count). The zero-order valence-electron chi connectivity index (χ0n) is 13.5. The summed E-state index contributed by atoms with van der Waals surface area (Å²) >= 11 is 0. The SMILES string of the molecule is O=C(CC1CCCCC1)Nc1ccc(Cc2ccncc2)cc1. The molecule has 0 radical (unpaired) electrons. The quantitative estimate of drug-likeness (QED) is 0.878. The van der Waals surface area contributed by atoms with Crippen molar-refractivity contribution in [3.63, 3.8) is 0 Å². The van der Waals surface area contributed by atoms with Crippen LogP contribution in [0.5, 0.6) is 0 Å². The van der Waals surface area contributed by atoms with Crippen LogP contribution in [0.15, 0.2) is 48.8 Å². The van der Waals surface area contributed by atoms with Crippen LogP contribution in [0.3, 0.4) is 0 Å². The normalized spacial score (nSPS) is 15.3. The van der Waals surface area contributed by atoms with Crippen molar-refractivity contribution in [2.45, 2.75) is 44.9 Å². The molecule has 0 spiro atoms. The topological polar surface area (TPSA) is 42.0 Å². The van der Waals surface area contributed by atoms with E-state index >= 15 is 0 Å². The number of anilines is 1. The standard InChI is InChI=1S/C20H24N2O/c23-20(15-16-4-2-1-3-5-16)22-19-8-6-17(7-9-19)14-18-10-12-21-13-11-18/h6-13,16H,1-5,14-15H2,(H,22,23). The fourth-order valence-corrected chi connectivity index (χ4v) is 3.31. The molecule has 120 valence electrons. The third-order valence-corrected chi connectivity index (χ3v) is 4.59. The molecule has 1 amide bonds. The molecule has 3 heteroatoms. The van der Waals surface area contributed by atoms with E-state index in [2.05, 4.69) is 22.4 Å². The number of nitrogens with zero attached hydrogens (tertiary/aromatic N) is 1. The van der Waals surface area contributed by atoms with Crippen LogP contribution in [0.4, 0.5) is 5.69 Å². The number of nitrogens with one attached hydrogen (secondary N) is 1. The van der Waals surface area contributed by atoms with Crippen LogP contribution in [-0.4, -0.2) is 10.9 Å². The van der Waals surface area contributed by atoms with Gasteiger partial charge in [0.2, 0.25) is 5.91 Å². The summed E-state index contributed by atoms with van der Waals surface area (Å²) in [6.07, 6.45) is 11.5. The van der Waals surface area contributed by atoms with Crippen molar-refractivity contribution in [3.05, 3.63) is 59.9 Å². The van der Waals surface area contributed by atoms with Crippen molar-refractivity contribution in [2.24, 2.45) is 5.92 Å². The molecule has 1 heterocycles. The summed E-state index contributed by atoms with van der Waals surface area (Å²) in [5.41, 5.74) is 3.37. The molecule has 1 aliphatic carbocycles. The Balaban J connectivity index is 1.51. The number of benzene rings is 1. The number of hydrogen-bond donors (Lipinski definition) is 1. The Labute approximate surface area is 138 Å². The summed E-state index contributed by atoms with van der Waals surface area (Å²) in [4.78, 5) is 16.2. The Morgan fingerprint density at radius 2 is 1.61 bits per heavy atom. The van der Waals surface area contributed by atoms with Crippen molar-refractivity contribution < 1.29 is 4.79 Å². The molecule has 1 aromatic carbocycles. The molecule has 0 aliphatic heterocycles. The van der Waals surface area contributed by atoms with Gasteiger partial charge in [-0.2, -0.15) is 0 Å². The summed E-state index contributed by atoms with van der Waals surface area (Å²) in [5.74, 6) is 0.730. The molecule has 1 fully saturated rings. The van der Waals surface area contributed by atoms with Gasteiger partial charge in [-0.1, -0.05) is 31.4 Å². The third kappa shape index (κ3) is 4.92. The van der Waals surface area contributed by atoms with E-state index in [0.717, 1.165) is 12.1 Å². The first-order chi connectivity index (χ1) is 11.3. The second-order valence-corrected chi connectivity index (χ2v) is 6.49. The van der Waals surface area contributed by atoms with Crippen LogP contribution in [0, 0.1) is 5.92 Å². The van der Waals surface area contributed by atoms with Gasteiger partial charge in [0.25, 0.3) is 0 Å². The highest BCUT2D eigenvalue weighted by molar-refractivity contribution is 5.90. The van der Waals surface area contributed by atoms with E-state index in [1.165, 1.54) is 43.2 Å². The van der Waals surface area contributed by atoms with Crippen molar-refractivity contribution >= 4 is 11.6 Å². The number of pyridine rings is 1. The lowest BCUT2D eigenvalue weighted by Crippen LogP contribution is -2.18. The van der Waals surface area contributed by atoms with Gasteiger partial charge in [0.1, 0.15) is 0 Å². The Bertz CT molecular complexity index is 616. The van der Waals surface area contributed by atoms with E-state index in [4.69, 9.17) is 0 Å². The second kappa shape index (κ2) is 7.91. The van der Waals surface area contributed by atoms with E-state index in [9.17, 15) is 4.79 Å². The molecule has 1 aromatic heterocycles. The molecule has 2 aromatic rings. The number of amides is 1. The minimum atomic E-state index is 0.152. The van der Waals surface area contributed by atoms with Gasteiger partial charge in [0.15, 0.2) is 0 Å². The highest BCUT2D eigenvalue weighted by Crippen LogP contribution is 2.26. The predicted molar refractivity (Wildman–Crippen MR) is 93.3 cm³/mol. The van der Waals surface area contributed by atoms with Crippen molar-refractivity contribution in [2.75, 3.05) is 5.32 Å². The average Bonchev–Trinajstić information content (AvgIpc) is 2.58. The highest BCUT2D eigenvalue weighted by Gasteiger charge is 2.16. The first-order valence-corrected chi connectivity index (χ1v) is 8.57. The van der Waals surface area contributed by atoms with E-state index in [1.807, 2.05) is 36.7 Å². The molecule has 0 saturated heterocycles. The second-order valence-electron chi connectivity index (χ2n) is 6.49. The molecule has 1 N–H and O–H groups in total. The maximum absolute atomic E-state index is 12.1. The minimum absolute atomic E-state index is 0.152. The highest BCUT2D eigenvalue weighted by atomic mass is 16.1. The lowest BCUT2D eigenvalue weighted by atomic mass is 9.87. The summed E-state index contributed by atoms with van der Waals surface area (Å²) < 4.78 is 0. The fraction of sp³-hybridized carbons (Fsp3) is 0.400. The van der Waals surface area contributed by atoms with Crippen LogP contribution in [0.2, 0.25) is 0 Å². The van der Waals surface area contributed by atoms with Gasteiger partial charge >= 0.3 is 0 Å². The van der Waals surface area contributed by atoms with Crippen LogP contribution in [-0.2, 0) is 11.2 Å². The monoisotopic (exact) mass is 308 g/mol. The van der Waals surface area contributed by atoms with E-state index in [0.29, 0.717) is 12.3 Å². The third-order valence-electron chi connectivity index (χ3n) is 4.59. The van der Waals surface area contributed by atoms with Crippen molar-refractivity contribution in [3.8, 4) is 0 Å².